The summed E-state index contributed by atoms with van der Waals surface area (Å²) in [6.07, 6.45) is 3.46. The molecule has 1 aliphatic heterocycles. The number of piperidine rings is 1. The molecule has 1 saturated heterocycles. The first-order valence-corrected chi connectivity index (χ1v) is 12.6. The van der Waals surface area contributed by atoms with Gasteiger partial charge in [-0.1, -0.05) is 37.3 Å². The number of amides is 3. The molecule has 3 amide bonds. The van der Waals surface area contributed by atoms with E-state index >= 15 is 0 Å². The second-order valence-electron chi connectivity index (χ2n) is 8.91. The molecule has 2 heterocycles. The zero-order valence-corrected chi connectivity index (χ0v) is 20.9. The van der Waals surface area contributed by atoms with Crippen LogP contribution in [0.5, 0.6) is 0 Å². The molecule has 0 unspecified atom stereocenters. The van der Waals surface area contributed by atoms with Gasteiger partial charge in [0.05, 0.1) is 5.69 Å². The number of rotatable bonds is 9. The fraction of sp³-hybridized carbons (Fsp3) is 0.321. The monoisotopic (exact) mass is 500 g/mol. The van der Waals surface area contributed by atoms with Gasteiger partial charge in [0.2, 0.25) is 11.8 Å². The highest BCUT2D eigenvalue weighted by Crippen LogP contribution is 2.25. The molecule has 9 heteroatoms. The zero-order valence-electron chi connectivity index (χ0n) is 20.9. The van der Waals surface area contributed by atoms with E-state index in [0.717, 1.165) is 43.0 Å². The summed E-state index contributed by atoms with van der Waals surface area (Å²) >= 11 is 0. The molecule has 3 aromatic rings. The molecule has 1 aliphatic rings. The Morgan fingerprint density at radius 3 is 2.32 bits per heavy atom. The number of hydrogen-bond acceptors (Lipinski definition) is 6. The number of nitrogens with zero attached hydrogens (tertiary/aromatic N) is 3. The maximum Gasteiger partial charge on any atom is 0.251 e. The molecule has 0 bridgehead atoms. The van der Waals surface area contributed by atoms with E-state index in [0.29, 0.717) is 30.8 Å². The molecule has 0 radical (unpaired) electrons. The van der Waals surface area contributed by atoms with Crippen LogP contribution in [0.15, 0.2) is 67.0 Å². The van der Waals surface area contributed by atoms with Crippen molar-refractivity contribution in [1.82, 2.24) is 20.6 Å². The van der Waals surface area contributed by atoms with E-state index in [1.54, 1.807) is 37.5 Å². The fourth-order valence-electron chi connectivity index (χ4n) is 4.22. The van der Waals surface area contributed by atoms with Crippen molar-refractivity contribution in [3.8, 4) is 11.3 Å². The molecule has 0 saturated carbocycles. The molecule has 4 rings (SSSR count). The van der Waals surface area contributed by atoms with Crippen molar-refractivity contribution in [1.29, 1.82) is 0 Å². The summed E-state index contributed by atoms with van der Waals surface area (Å²) in [5.41, 5.74) is 3.07. The standard InChI is InChI=1S/C28H32N6O3/c1-2-26(35)33-23-10-8-21(9-11-23)27(36)29-14-15-30-28(37)22-12-16-34(17-13-22)25-18-24(31-19-32-25)20-6-4-3-5-7-20/h3-11,18-19,22H,2,12-17H2,1H3,(H,29,36)(H,30,37)(H,33,35). The van der Waals surface area contributed by atoms with Crippen LogP contribution in [-0.4, -0.2) is 53.9 Å². The smallest absolute Gasteiger partial charge is 0.251 e. The van der Waals surface area contributed by atoms with Gasteiger partial charge in [-0.3, -0.25) is 14.4 Å². The van der Waals surface area contributed by atoms with E-state index in [1.165, 1.54) is 0 Å². The maximum absolute atomic E-state index is 12.6. The molecule has 192 valence electrons. The van der Waals surface area contributed by atoms with Crippen molar-refractivity contribution in [2.45, 2.75) is 26.2 Å². The number of carbonyl (C=O) groups is 3. The van der Waals surface area contributed by atoms with Gasteiger partial charge in [0.15, 0.2) is 0 Å². The van der Waals surface area contributed by atoms with E-state index in [9.17, 15) is 14.4 Å². The lowest BCUT2D eigenvalue weighted by atomic mass is 9.96. The summed E-state index contributed by atoms with van der Waals surface area (Å²) in [5, 5.41) is 8.50. The largest absolute Gasteiger partial charge is 0.356 e. The van der Waals surface area contributed by atoms with Crippen molar-refractivity contribution in [2.75, 3.05) is 36.4 Å². The Bertz CT molecular complexity index is 1210. The SMILES string of the molecule is CCC(=O)Nc1ccc(C(=O)NCCNC(=O)C2CCN(c3cc(-c4ccccc4)ncn3)CC2)cc1. The minimum absolute atomic E-state index is 0.0116. The molecule has 0 spiro atoms. The summed E-state index contributed by atoms with van der Waals surface area (Å²) in [7, 11) is 0. The van der Waals surface area contributed by atoms with Crippen molar-refractivity contribution in [2.24, 2.45) is 5.92 Å². The van der Waals surface area contributed by atoms with Crippen LogP contribution in [0.3, 0.4) is 0 Å². The summed E-state index contributed by atoms with van der Waals surface area (Å²) in [4.78, 5) is 47.5. The second kappa shape index (κ2) is 12.6. The Kier molecular flexibility index (Phi) is 8.80. The van der Waals surface area contributed by atoms with Gasteiger partial charge in [0.1, 0.15) is 12.1 Å². The topological polar surface area (TPSA) is 116 Å². The lowest BCUT2D eigenvalue weighted by Gasteiger charge is -2.32. The maximum atomic E-state index is 12.6. The van der Waals surface area contributed by atoms with E-state index in [4.69, 9.17) is 0 Å². The summed E-state index contributed by atoms with van der Waals surface area (Å²) in [6, 6.07) is 18.7. The van der Waals surface area contributed by atoms with Gasteiger partial charge in [-0.05, 0) is 37.1 Å². The molecule has 3 N–H and O–H groups in total. The molecule has 1 aromatic heterocycles. The van der Waals surface area contributed by atoms with Crippen molar-refractivity contribution < 1.29 is 14.4 Å². The van der Waals surface area contributed by atoms with Crippen molar-refractivity contribution >= 4 is 29.2 Å². The number of nitrogens with one attached hydrogen (secondary N) is 3. The van der Waals surface area contributed by atoms with Gasteiger partial charge >= 0.3 is 0 Å². The van der Waals surface area contributed by atoms with Gasteiger partial charge < -0.3 is 20.9 Å². The minimum Gasteiger partial charge on any atom is -0.356 e. The van der Waals surface area contributed by atoms with Crippen LogP contribution >= 0.6 is 0 Å². The van der Waals surface area contributed by atoms with Gasteiger partial charge in [-0.25, -0.2) is 9.97 Å². The Balaban J connectivity index is 1.18. The quantitative estimate of drug-likeness (QED) is 0.389. The molecule has 1 fully saturated rings. The predicted octanol–water partition coefficient (Wildman–Crippen LogP) is 3.25. The highest BCUT2D eigenvalue weighted by atomic mass is 16.2. The third kappa shape index (κ3) is 7.13. The van der Waals surface area contributed by atoms with E-state index < -0.39 is 0 Å². The molecule has 0 atom stereocenters. The number of benzene rings is 2. The van der Waals surface area contributed by atoms with E-state index in [2.05, 4.69) is 30.8 Å². The van der Waals surface area contributed by atoms with E-state index in [-0.39, 0.29) is 23.6 Å². The highest BCUT2D eigenvalue weighted by Gasteiger charge is 2.25. The van der Waals surface area contributed by atoms with Gasteiger partial charge in [-0.15, -0.1) is 0 Å². The molecular weight excluding hydrogens is 468 g/mol. The summed E-state index contributed by atoms with van der Waals surface area (Å²) in [6.45, 7) is 3.96. The third-order valence-electron chi connectivity index (χ3n) is 6.37. The van der Waals surface area contributed by atoms with Gasteiger partial charge in [-0.2, -0.15) is 0 Å². The minimum atomic E-state index is -0.226. The molecule has 0 aliphatic carbocycles. The Morgan fingerprint density at radius 1 is 0.919 bits per heavy atom. The average Bonchev–Trinajstić information content (AvgIpc) is 2.96. The average molecular weight is 501 g/mol. The first-order valence-electron chi connectivity index (χ1n) is 12.6. The van der Waals surface area contributed by atoms with Crippen molar-refractivity contribution in [3.63, 3.8) is 0 Å². The lowest BCUT2D eigenvalue weighted by Crippen LogP contribution is -2.42. The number of hydrogen-bond donors (Lipinski definition) is 3. The van der Waals surface area contributed by atoms with Crippen LogP contribution in [0.1, 0.15) is 36.5 Å². The van der Waals surface area contributed by atoms with Gasteiger partial charge in [0, 0.05) is 61.4 Å². The highest BCUT2D eigenvalue weighted by molar-refractivity contribution is 5.95. The lowest BCUT2D eigenvalue weighted by molar-refractivity contribution is -0.125. The van der Waals surface area contributed by atoms with Crippen LogP contribution in [0.2, 0.25) is 0 Å². The first-order chi connectivity index (χ1) is 18.0. The van der Waals surface area contributed by atoms with Crippen LogP contribution in [0.25, 0.3) is 11.3 Å². The van der Waals surface area contributed by atoms with Crippen LogP contribution in [-0.2, 0) is 9.59 Å². The Labute approximate surface area is 216 Å². The summed E-state index contributed by atoms with van der Waals surface area (Å²) in [5.74, 6) is 0.516. The molecule has 9 nitrogen and oxygen atoms in total. The Morgan fingerprint density at radius 2 is 1.62 bits per heavy atom. The third-order valence-corrected chi connectivity index (χ3v) is 6.37. The van der Waals surface area contributed by atoms with Crippen LogP contribution in [0, 0.1) is 5.92 Å². The Hall–Kier alpha value is -4.27. The van der Waals surface area contributed by atoms with Crippen molar-refractivity contribution in [3.05, 3.63) is 72.6 Å². The van der Waals surface area contributed by atoms with Crippen LogP contribution < -0.4 is 20.9 Å². The van der Waals surface area contributed by atoms with Gasteiger partial charge in [0.25, 0.3) is 5.91 Å². The molecule has 2 aromatic carbocycles. The van der Waals surface area contributed by atoms with E-state index in [1.807, 2.05) is 36.4 Å². The number of carbonyl (C=O) groups excluding carboxylic acids is 3. The number of aromatic nitrogens is 2. The zero-order chi connectivity index (χ0) is 26.0. The normalized spacial score (nSPS) is 13.6. The fourth-order valence-corrected chi connectivity index (χ4v) is 4.22. The predicted molar refractivity (Wildman–Crippen MR) is 143 cm³/mol. The molecule has 37 heavy (non-hydrogen) atoms. The summed E-state index contributed by atoms with van der Waals surface area (Å²) < 4.78 is 0. The second-order valence-corrected chi connectivity index (χ2v) is 8.91. The molecular formula is C28H32N6O3. The number of anilines is 2. The first kappa shape index (κ1) is 25.8. The van der Waals surface area contributed by atoms with Crippen LogP contribution in [0.4, 0.5) is 11.5 Å².